The van der Waals surface area contributed by atoms with Crippen LogP contribution in [0.1, 0.15) is 31.0 Å². The van der Waals surface area contributed by atoms with Crippen LogP contribution in [0.15, 0.2) is 54.6 Å². The Bertz CT molecular complexity index is 926. The van der Waals surface area contributed by atoms with Gasteiger partial charge in [-0.3, -0.25) is 0 Å². The fourth-order valence-electron chi connectivity index (χ4n) is 2.97. The lowest BCUT2D eigenvalue weighted by Crippen LogP contribution is -2.14. The molecule has 2 aromatic carbocycles. The second kappa shape index (κ2) is 9.78. The molecule has 0 atom stereocenters. The molecule has 0 saturated heterocycles. The number of hydrogen-bond donors (Lipinski definition) is 2. The Kier molecular flexibility index (Phi) is 6.89. The van der Waals surface area contributed by atoms with Crippen LogP contribution in [0.3, 0.4) is 0 Å². The molecule has 0 aliphatic heterocycles. The Labute approximate surface area is 172 Å². The zero-order valence-electron chi connectivity index (χ0n) is 17.4. The van der Waals surface area contributed by atoms with Crippen molar-refractivity contribution in [1.29, 1.82) is 0 Å². The second-order valence-corrected chi connectivity index (χ2v) is 7.04. The Balaban J connectivity index is 1.59. The smallest absolute Gasteiger partial charge is 0.224 e. The summed E-state index contributed by atoms with van der Waals surface area (Å²) in [5.41, 5.74) is 3.21. The van der Waals surface area contributed by atoms with Gasteiger partial charge in [0.1, 0.15) is 23.9 Å². The van der Waals surface area contributed by atoms with Crippen molar-refractivity contribution in [3.05, 3.63) is 65.9 Å². The third kappa shape index (κ3) is 5.85. The van der Waals surface area contributed by atoms with E-state index in [1.807, 2.05) is 43.3 Å². The van der Waals surface area contributed by atoms with Gasteiger partial charge in [-0.05, 0) is 48.7 Å². The molecule has 0 aliphatic rings. The fraction of sp³-hybridized carbons (Fsp3) is 0.304. The van der Waals surface area contributed by atoms with Gasteiger partial charge in [0, 0.05) is 17.4 Å². The van der Waals surface area contributed by atoms with Gasteiger partial charge in [0.15, 0.2) is 0 Å². The van der Waals surface area contributed by atoms with Gasteiger partial charge in [-0.25, -0.2) is 4.98 Å². The quantitative estimate of drug-likeness (QED) is 0.491. The molecule has 0 unspecified atom stereocenters. The zero-order chi connectivity index (χ0) is 20.6. The maximum Gasteiger partial charge on any atom is 0.224 e. The summed E-state index contributed by atoms with van der Waals surface area (Å²) in [7, 11) is 1.65. The first-order chi connectivity index (χ1) is 14.0. The number of aryl methyl sites for hydroxylation is 1. The lowest BCUT2D eigenvalue weighted by molar-refractivity contribution is 0.331. The molecule has 29 heavy (non-hydrogen) atoms. The molecule has 1 aromatic heterocycles. The van der Waals surface area contributed by atoms with E-state index >= 15 is 0 Å². The highest BCUT2D eigenvalue weighted by Gasteiger charge is 2.08. The van der Waals surface area contributed by atoms with E-state index in [0.29, 0.717) is 25.0 Å². The summed E-state index contributed by atoms with van der Waals surface area (Å²) in [6.07, 6.45) is 0. The van der Waals surface area contributed by atoms with Gasteiger partial charge in [0.05, 0.1) is 13.7 Å². The molecule has 2 N–H and O–H groups in total. The van der Waals surface area contributed by atoms with Gasteiger partial charge in [-0.1, -0.05) is 32.0 Å². The highest BCUT2D eigenvalue weighted by molar-refractivity contribution is 5.62. The van der Waals surface area contributed by atoms with Crippen molar-refractivity contribution in [2.45, 2.75) is 26.7 Å². The lowest BCUT2D eigenvalue weighted by Gasteiger charge is -2.15. The van der Waals surface area contributed by atoms with E-state index in [0.717, 1.165) is 28.7 Å². The third-order valence-corrected chi connectivity index (χ3v) is 4.41. The van der Waals surface area contributed by atoms with Crippen molar-refractivity contribution in [2.75, 3.05) is 30.9 Å². The van der Waals surface area contributed by atoms with E-state index in [-0.39, 0.29) is 0 Å². The van der Waals surface area contributed by atoms with Crippen LogP contribution in [0.25, 0.3) is 0 Å². The zero-order valence-corrected chi connectivity index (χ0v) is 17.4. The monoisotopic (exact) mass is 392 g/mol. The number of nitrogens with one attached hydrogen (secondary N) is 2. The fourth-order valence-corrected chi connectivity index (χ4v) is 2.97. The molecule has 152 valence electrons. The molecule has 3 rings (SSSR count). The maximum absolute atomic E-state index is 5.74. The van der Waals surface area contributed by atoms with Gasteiger partial charge in [-0.2, -0.15) is 4.98 Å². The van der Waals surface area contributed by atoms with Gasteiger partial charge in [-0.15, -0.1) is 0 Å². The number of aromatic nitrogens is 2. The largest absolute Gasteiger partial charge is 0.497 e. The summed E-state index contributed by atoms with van der Waals surface area (Å²) < 4.78 is 10.9. The van der Waals surface area contributed by atoms with Gasteiger partial charge in [0.2, 0.25) is 5.95 Å². The van der Waals surface area contributed by atoms with Crippen LogP contribution in [0.4, 0.5) is 17.5 Å². The molecule has 0 radical (unpaired) electrons. The number of benzene rings is 2. The first-order valence-corrected chi connectivity index (χ1v) is 9.77. The van der Waals surface area contributed by atoms with Crippen molar-refractivity contribution in [1.82, 2.24) is 9.97 Å². The SMILES string of the molecule is COc1ccc(OCCNc2nc(C)cc(Nc3ccccc3C(C)C)n2)cc1. The normalized spacial score (nSPS) is 10.7. The number of hydrogen-bond acceptors (Lipinski definition) is 6. The van der Waals surface area contributed by atoms with Gasteiger partial charge in [0.25, 0.3) is 0 Å². The molecule has 6 nitrogen and oxygen atoms in total. The summed E-state index contributed by atoms with van der Waals surface area (Å²) in [4.78, 5) is 9.06. The first-order valence-electron chi connectivity index (χ1n) is 9.77. The van der Waals surface area contributed by atoms with Crippen LogP contribution >= 0.6 is 0 Å². The van der Waals surface area contributed by atoms with E-state index in [9.17, 15) is 0 Å². The summed E-state index contributed by atoms with van der Waals surface area (Å²) in [5.74, 6) is 3.37. The molecular formula is C23H28N4O2. The molecule has 1 heterocycles. The van der Waals surface area contributed by atoms with E-state index < -0.39 is 0 Å². The number of methoxy groups -OCH3 is 1. The van der Waals surface area contributed by atoms with Crippen LogP contribution in [-0.2, 0) is 0 Å². The van der Waals surface area contributed by atoms with Crippen LogP contribution in [0, 0.1) is 6.92 Å². The van der Waals surface area contributed by atoms with Crippen molar-refractivity contribution in [3.63, 3.8) is 0 Å². The van der Waals surface area contributed by atoms with Crippen molar-refractivity contribution in [2.24, 2.45) is 0 Å². The van der Waals surface area contributed by atoms with Crippen LogP contribution in [0.2, 0.25) is 0 Å². The third-order valence-electron chi connectivity index (χ3n) is 4.41. The predicted molar refractivity (Wildman–Crippen MR) is 118 cm³/mol. The Morgan fingerprint density at radius 2 is 1.69 bits per heavy atom. The average Bonchev–Trinajstić information content (AvgIpc) is 2.71. The minimum Gasteiger partial charge on any atom is -0.497 e. The standard InChI is InChI=1S/C23H28N4O2/c1-16(2)20-7-5-6-8-21(20)26-22-15-17(3)25-23(27-22)24-13-14-29-19-11-9-18(28-4)10-12-19/h5-12,15-16H,13-14H2,1-4H3,(H2,24,25,26,27). The second-order valence-electron chi connectivity index (χ2n) is 7.04. The van der Waals surface area contributed by atoms with E-state index in [2.05, 4.69) is 52.6 Å². The van der Waals surface area contributed by atoms with Gasteiger partial charge >= 0.3 is 0 Å². The van der Waals surface area contributed by atoms with Crippen LogP contribution in [0.5, 0.6) is 11.5 Å². The van der Waals surface area contributed by atoms with Gasteiger partial charge < -0.3 is 20.1 Å². The van der Waals surface area contributed by atoms with Crippen molar-refractivity contribution < 1.29 is 9.47 Å². The van der Waals surface area contributed by atoms with Crippen molar-refractivity contribution >= 4 is 17.5 Å². The highest BCUT2D eigenvalue weighted by Crippen LogP contribution is 2.26. The minimum atomic E-state index is 0.425. The Hall–Kier alpha value is -3.28. The number of rotatable bonds is 9. The predicted octanol–water partition coefficient (Wildman–Crippen LogP) is 5.15. The molecule has 6 heteroatoms. The van der Waals surface area contributed by atoms with Crippen molar-refractivity contribution in [3.8, 4) is 11.5 Å². The summed E-state index contributed by atoms with van der Waals surface area (Å²) in [5, 5.41) is 6.66. The van der Waals surface area contributed by atoms with E-state index in [4.69, 9.17) is 9.47 Å². The summed E-state index contributed by atoms with van der Waals surface area (Å²) in [6.45, 7) is 7.42. The van der Waals surface area contributed by atoms with E-state index in [1.54, 1.807) is 7.11 Å². The highest BCUT2D eigenvalue weighted by atomic mass is 16.5. The molecule has 0 amide bonds. The number of ether oxygens (including phenoxy) is 2. The summed E-state index contributed by atoms with van der Waals surface area (Å²) in [6, 6.07) is 17.8. The first kappa shape index (κ1) is 20.5. The van der Waals surface area contributed by atoms with Crippen LogP contribution in [-0.4, -0.2) is 30.2 Å². The maximum atomic E-state index is 5.74. The Morgan fingerprint density at radius 3 is 2.41 bits per heavy atom. The van der Waals surface area contributed by atoms with E-state index in [1.165, 1.54) is 5.56 Å². The van der Waals surface area contributed by atoms with Crippen LogP contribution < -0.4 is 20.1 Å². The topological polar surface area (TPSA) is 68.3 Å². The molecule has 0 spiro atoms. The lowest BCUT2D eigenvalue weighted by atomic mass is 10.0. The summed E-state index contributed by atoms with van der Waals surface area (Å²) >= 11 is 0. The number of nitrogens with zero attached hydrogens (tertiary/aromatic N) is 2. The minimum absolute atomic E-state index is 0.425. The molecule has 3 aromatic rings. The molecule has 0 saturated carbocycles. The number of para-hydroxylation sites is 1. The average molecular weight is 393 g/mol. The molecule has 0 bridgehead atoms. The number of anilines is 3. The Morgan fingerprint density at radius 1 is 0.966 bits per heavy atom. The molecule has 0 fully saturated rings. The molecule has 0 aliphatic carbocycles. The molecular weight excluding hydrogens is 364 g/mol.